The second-order valence-corrected chi connectivity index (χ2v) is 8.04. The van der Waals surface area contributed by atoms with E-state index in [0.717, 1.165) is 17.4 Å². The maximum absolute atomic E-state index is 13.9. The fourth-order valence-corrected chi connectivity index (χ4v) is 2.94. The zero-order chi connectivity index (χ0) is 32.0. The minimum absolute atomic E-state index is 0.213. The Kier molecular flexibility index (Phi) is 8.50. The Bertz CT molecular complexity index is 1320. The number of amides is 2. The highest BCUT2D eigenvalue weighted by Gasteiger charge is 2.77. The Morgan fingerprint density at radius 2 is 1.12 bits per heavy atom. The molecule has 0 aromatic heterocycles. The molecule has 0 aliphatic heterocycles. The highest BCUT2D eigenvalue weighted by atomic mass is 19.4. The second kappa shape index (κ2) is 10.5. The van der Waals surface area contributed by atoms with Gasteiger partial charge in [-0.25, -0.2) is 0 Å². The van der Waals surface area contributed by atoms with Crippen molar-refractivity contribution in [3.05, 3.63) is 59.7 Å². The van der Waals surface area contributed by atoms with Crippen LogP contribution >= 0.6 is 0 Å². The van der Waals surface area contributed by atoms with E-state index in [0.29, 0.717) is 0 Å². The molecule has 0 bridgehead atoms. The van der Waals surface area contributed by atoms with E-state index < -0.39 is 81.0 Å². The molecule has 0 aliphatic carbocycles. The third-order valence-corrected chi connectivity index (χ3v) is 5.28. The van der Waals surface area contributed by atoms with E-state index in [1.54, 1.807) is 0 Å². The predicted octanol–water partition coefficient (Wildman–Crippen LogP) is 6.48. The normalized spacial score (nSPS) is 13.5. The largest absolute Gasteiger partial charge is 0.460 e. The molecule has 0 fully saturated rings. The third kappa shape index (κ3) is 5.79. The van der Waals surface area contributed by atoms with Gasteiger partial charge >= 0.3 is 47.9 Å². The van der Waals surface area contributed by atoms with Crippen LogP contribution in [0.25, 0.3) is 0 Å². The Balaban J connectivity index is 2.63. The molecular weight excluding hydrogens is 606 g/mol. The summed E-state index contributed by atoms with van der Waals surface area (Å²) in [6.45, 7) is 0. The summed E-state index contributed by atoms with van der Waals surface area (Å²) in [6.07, 6.45) is -13.9. The van der Waals surface area contributed by atoms with Crippen LogP contribution in [0.4, 0.5) is 72.8 Å². The van der Waals surface area contributed by atoms with Gasteiger partial charge in [-0.3, -0.25) is 14.4 Å². The summed E-state index contributed by atoms with van der Waals surface area (Å²) in [5.74, 6) is -34.7. The number of carbonyl (C=O) groups excluding carboxylic acids is 3. The molecule has 0 spiro atoms. The van der Waals surface area contributed by atoms with Gasteiger partial charge in [0.1, 0.15) is 0 Å². The van der Waals surface area contributed by atoms with Gasteiger partial charge < -0.3 is 10.2 Å². The first kappa shape index (κ1) is 33.3. The molecule has 0 saturated heterocycles. The molecular formula is C22H12F14N2O3. The van der Waals surface area contributed by atoms with Crippen LogP contribution in [0.2, 0.25) is 0 Å². The minimum atomic E-state index is -6.94. The van der Waals surface area contributed by atoms with Crippen molar-refractivity contribution in [2.75, 3.05) is 17.3 Å². The van der Waals surface area contributed by atoms with Crippen molar-refractivity contribution in [2.24, 2.45) is 0 Å². The molecule has 1 N–H and O–H groups in total. The lowest BCUT2D eigenvalue weighted by molar-refractivity contribution is -0.343. The van der Waals surface area contributed by atoms with Crippen LogP contribution < -0.4 is 10.2 Å². The van der Waals surface area contributed by atoms with Crippen molar-refractivity contribution < 1.29 is 75.8 Å². The van der Waals surface area contributed by atoms with Gasteiger partial charge in [0.25, 0.3) is 0 Å². The smallest absolute Gasteiger partial charge is 0.320 e. The number of anilines is 2. The molecule has 0 radical (unpaired) electrons. The number of carbonyl (C=O) groups is 3. The number of rotatable bonds is 8. The van der Waals surface area contributed by atoms with Crippen molar-refractivity contribution in [3.63, 3.8) is 0 Å². The van der Waals surface area contributed by atoms with Crippen LogP contribution in [0.1, 0.15) is 15.9 Å². The summed E-state index contributed by atoms with van der Waals surface area (Å²) in [5, 5.41) is 0.939. The van der Waals surface area contributed by atoms with Gasteiger partial charge in [0.05, 0.1) is 5.69 Å². The summed E-state index contributed by atoms with van der Waals surface area (Å²) in [4.78, 5) is 36.1. The number of halogens is 14. The highest BCUT2D eigenvalue weighted by molar-refractivity contribution is 6.15. The summed E-state index contributed by atoms with van der Waals surface area (Å²) in [6, 6.07) is 6.42. The Morgan fingerprint density at radius 1 is 0.659 bits per heavy atom. The van der Waals surface area contributed by atoms with Gasteiger partial charge in [-0.15, -0.1) is 0 Å². The third-order valence-electron chi connectivity index (χ3n) is 5.28. The molecule has 0 unspecified atom stereocenters. The maximum Gasteiger partial charge on any atom is 0.460 e. The van der Waals surface area contributed by atoms with Crippen LogP contribution in [0.3, 0.4) is 0 Å². The molecule has 19 heteroatoms. The molecule has 226 valence electrons. The molecule has 2 aromatic rings. The van der Waals surface area contributed by atoms with E-state index >= 15 is 0 Å². The monoisotopic (exact) mass is 618 g/mol. The lowest BCUT2D eigenvalue weighted by Gasteiger charge is -2.30. The van der Waals surface area contributed by atoms with Crippen molar-refractivity contribution in [3.8, 4) is 0 Å². The average molecular weight is 618 g/mol. The van der Waals surface area contributed by atoms with E-state index in [1.165, 1.54) is 18.2 Å². The SMILES string of the molecule is CN(C(=O)C(F)(F)C(F)(F)C(F)(F)F)c1ccc(NC(=O)C(F)(F)C(F)(F)C(F)(F)F)c(C(=O)c2ccccc2)c1. The summed E-state index contributed by atoms with van der Waals surface area (Å²) in [7, 11) is 0.227. The number of hydrogen-bond donors (Lipinski definition) is 1. The van der Waals surface area contributed by atoms with Gasteiger partial charge in [-0.05, 0) is 18.2 Å². The summed E-state index contributed by atoms with van der Waals surface area (Å²) < 4.78 is 183. The van der Waals surface area contributed by atoms with Crippen LogP contribution in [0.15, 0.2) is 48.5 Å². The van der Waals surface area contributed by atoms with Gasteiger partial charge in [-0.1, -0.05) is 30.3 Å². The molecule has 2 amide bonds. The van der Waals surface area contributed by atoms with E-state index in [9.17, 15) is 75.8 Å². The molecule has 41 heavy (non-hydrogen) atoms. The van der Waals surface area contributed by atoms with Gasteiger partial charge in [-0.2, -0.15) is 61.5 Å². The molecule has 2 rings (SSSR count). The van der Waals surface area contributed by atoms with Crippen molar-refractivity contribution >= 4 is 29.0 Å². The number of hydrogen-bond acceptors (Lipinski definition) is 3. The fraction of sp³-hybridized carbons (Fsp3) is 0.318. The van der Waals surface area contributed by atoms with E-state index in [2.05, 4.69) is 0 Å². The molecule has 2 aromatic carbocycles. The van der Waals surface area contributed by atoms with Crippen molar-refractivity contribution in [1.82, 2.24) is 0 Å². The Hall–Kier alpha value is -3.93. The summed E-state index contributed by atoms with van der Waals surface area (Å²) >= 11 is 0. The van der Waals surface area contributed by atoms with Gasteiger partial charge in [0.15, 0.2) is 5.78 Å². The lowest BCUT2D eigenvalue weighted by atomic mass is 10.00. The first-order chi connectivity index (χ1) is 18.3. The second-order valence-electron chi connectivity index (χ2n) is 8.04. The number of ketones is 1. The highest BCUT2D eigenvalue weighted by Crippen LogP contribution is 2.48. The maximum atomic E-state index is 13.9. The van der Waals surface area contributed by atoms with E-state index in [4.69, 9.17) is 0 Å². The average Bonchev–Trinajstić information content (AvgIpc) is 2.86. The zero-order valence-electron chi connectivity index (χ0n) is 19.6. The molecule has 5 nitrogen and oxygen atoms in total. The van der Waals surface area contributed by atoms with E-state index in [-0.39, 0.29) is 25.2 Å². The number of nitrogens with zero attached hydrogens (tertiary/aromatic N) is 1. The molecule has 0 atom stereocenters. The quantitative estimate of drug-likeness (QED) is 0.272. The molecule has 0 heterocycles. The zero-order valence-corrected chi connectivity index (χ0v) is 19.6. The van der Waals surface area contributed by atoms with Crippen LogP contribution in [0.5, 0.6) is 0 Å². The Labute approximate surface area is 218 Å². The van der Waals surface area contributed by atoms with Gasteiger partial charge in [0.2, 0.25) is 0 Å². The van der Waals surface area contributed by atoms with Crippen LogP contribution in [0, 0.1) is 0 Å². The first-order valence-corrected chi connectivity index (χ1v) is 10.3. The minimum Gasteiger partial charge on any atom is -0.320 e. The number of alkyl halides is 14. The standard InChI is InChI=1S/C22H12F14N2O3/c1-38(16(41)18(25,26)20(29,30)22(34,35)36)11-7-8-13(12(9-11)14(39)10-5-3-2-4-6-10)37-15(40)17(23,24)19(27,28)21(31,32)33/h2-9H,1H3,(H,37,40). The fourth-order valence-electron chi connectivity index (χ4n) is 2.94. The van der Waals surface area contributed by atoms with Crippen molar-refractivity contribution in [1.29, 1.82) is 0 Å². The number of benzene rings is 2. The van der Waals surface area contributed by atoms with Gasteiger partial charge in [0, 0.05) is 23.9 Å². The van der Waals surface area contributed by atoms with Crippen LogP contribution in [-0.2, 0) is 9.59 Å². The van der Waals surface area contributed by atoms with Crippen molar-refractivity contribution in [2.45, 2.75) is 36.0 Å². The lowest BCUT2D eigenvalue weighted by Crippen LogP contribution is -2.59. The van der Waals surface area contributed by atoms with E-state index in [1.807, 2.05) is 0 Å². The molecule has 0 aliphatic rings. The first-order valence-electron chi connectivity index (χ1n) is 10.3. The number of nitrogens with one attached hydrogen (secondary N) is 1. The molecule has 0 saturated carbocycles. The van der Waals surface area contributed by atoms with Crippen LogP contribution in [-0.4, -0.2) is 60.7 Å². The Morgan fingerprint density at radius 3 is 1.59 bits per heavy atom. The predicted molar refractivity (Wildman–Crippen MR) is 110 cm³/mol. The topological polar surface area (TPSA) is 66.5 Å². The summed E-state index contributed by atoms with van der Waals surface area (Å²) in [5.41, 5.74) is -3.95.